The SMILES string of the molecule is CC(=O)N1CC[C@@]2(F)c3ccccc3N[C@@H]12. The Bertz CT molecular complexity index is 462. The summed E-state index contributed by atoms with van der Waals surface area (Å²) >= 11 is 0. The fraction of sp³-hybridized carbons (Fsp3) is 0.417. The molecule has 0 radical (unpaired) electrons. The van der Waals surface area contributed by atoms with E-state index in [4.69, 9.17) is 0 Å². The Balaban J connectivity index is 2.06. The van der Waals surface area contributed by atoms with E-state index in [0.717, 1.165) is 5.69 Å². The first kappa shape index (κ1) is 9.63. The molecule has 2 atom stereocenters. The van der Waals surface area contributed by atoms with Crippen molar-refractivity contribution in [2.75, 3.05) is 11.9 Å². The van der Waals surface area contributed by atoms with Crippen LogP contribution in [0.25, 0.3) is 0 Å². The van der Waals surface area contributed by atoms with Gasteiger partial charge >= 0.3 is 0 Å². The molecule has 1 aromatic rings. The van der Waals surface area contributed by atoms with Gasteiger partial charge in [0.1, 0.15) is 6.17 Å². The number of para-hydroxylation sites is 1. The van der Waals surface area contributed by atoms with Gasteiger partial charge in [-0.15, -0.1) is 0 Å². The van der Waals surface area contributed by atoms with Crippen LogP contribution in [0.15, 0.2) is 24.3 Å². The third-order valence-corrected chi connectivity index (χ3v) is 3.53. The van der Waals surface area contributed by atoms with E-state index in [9.17, 15) is 9.18 Å². The molecule has 0 spiro atoms. The number of carbonyl (C=O) groups is 1. The highest BCUT2D eigenvalue weighted by molar-refractivity contribution is 5.76. The Hall–Kier alpha value is -1.58. The number of nitrogens with zero attached hydrogens (tertiary/aromatic N) is 1. The van der Waals surface area contributed by atoms with E-state index in [1.165, 1.54) is 6.92 Å². The molecule has 3 rings (SSSR count). The van der Waals surface area contributed by atoms with Gasteiger partial charge in [0, 0.05) is 31.1 Å². The van der Waals surface area contributed by atoms with Gasteiger partial charge in [0.05, 0.1) is 0 Å². The number of rotatable bonds is 0. The third-order valence-electron chi connectivity index (χ3n) is 3.53. The number of amides is 1. The van der Waals surface area contributed by atoms with Crippen LogP contribution in [0.3, 0.4) is 0 Å². The van der Waals surface area contributed by atoms with E-state index in [1.54, 1.807) is 11.0 Å². The number of alkyl halides is 1. The van der Waals surface area contributed by atoms with Crippen LogP contribution in [0.1, 0.15) is 18.9 Å². The topological polar surface area (TPSA) is 32.3 Å². The summed E-state index contributed by atoms with van der Waals surface area (Å²) in [5.41, 5.74) is 0.0760. The monoisotopic (exact) mass is 220 g/mol. The van der Waals surface area contributed by atoms with Gasteiger partial charge in [-0.3, -0.25) is 4.79 Å². The van der Waals surface area contributed by atoms with E-state index < -0.39 is 11.8 Å². The quantitative estimate of drug-likeness (QED) is 0.723. The zero-order chi connectivity index (χ0) is 11.3. The van der Waals surface area contributed by atoms with Crippen molar-refractivity contribution in [3.63, 3.8) is 0 Å². The highest BCUT2D eigenvalue weighted by atomic mass is 19.1. The molecule has 3 nitrogen and oxygen atoms in total. The van der Waals surface area contributed by atoms with Gasteiger partial charge in [-0.05, 0) is 6.07 Å². The number of anilines is 1. The van der Waals surface area contributed by atoms with Crippen LogP contribution in [-0.4, -0.2) is 23.5 Å². The van der Waals surface area contributed by atoms with Crippen LogP contribution in [0.2, 0.25) is 0 Å². The molecule has 1 amide bonds. The van der Waals surface area contributed by atoms with Gasteiger partial charge in [-0.1, -0.05) is 18.2 Å². The molecule has 4 heteroatoms. The van der Waals surface area contributed by atoms with Crippen molar-refractivity contribution in [2.24, 2.45) is 0 Å². The minimum Gasteiger partial charge on any atom is -0.362 e. The summed E-state index contributed by atoms with van der Waals surface area (Å²) in [6.45, 7) is 1.97. The Kier molecular flexibility index (Phi) is 1.79. The lowest BCUT2D eigenvalue weighted by atomic mass is 9.95. The number of hydrogen-bond acceptors (Lipinski definition) is 2. The number of hydrogen-bond donors (Lipinski definition) is 1. The summed E-state index contributed by atoms with van der Waals surface area (Å²) in [6.07, 6.45) is -0.149. The lowest BCUT2D eigenvalue weighted by Gasteiger charge is -2.25. The fourth-order valence-electron chi connectivity index (χ4n) is 2.73. The number of carbonyl (C=O) groups excluding carboxylic acids is 1. The van der Waals surface area contributed by atoms with Gasteiger partial charge in [-0.25, -0.2) is 4.39 Å². The number of fused-ring (bicyclic) bond motifs is 3. The predicted octanol–water partition coefficient (Wildman–Crippen LogP) is 1.86. The summed E-state index contributed by atoms with van der Waals surface area (Å²) in [5, 5.41) is 3.10. The van der Waals surface area contributed by atoms with Crippen LogP contribution >= 0.6 is 0 Å². The molecule has 16 heavy (non-hydrogen) atoms. The first-order valence-corrected chi connectivity index (χ1v) is 5.45. The second-order valence-corrected chi connectivity index (χ2v) is 4.42. The van der Waals surface area contributed by atoms with E-state index in [0.29, 0.717) is 18.5 Å². The average Bonchev–Trinajstić information content (AvgIpc) is 2.71. The minimum atomic E-state index is -1.41. The fourth-order valence-corrected chi connectivity index (χ4v) is 2.73. The van der Waals surface area contributed by atoms with E-state index in [2.05, 4.69) is 5.32 Å². The first-order chi connectivity index (χ1) is 7.63. The number of likely N-dealkylation sites (tertiary alicyclic amines) is 1. The Labute approximate surface area is 93.2 Å². The normalized spacial score (nSPS) is 30.9. The van der Waals surface area contributed by atoms with Gasteiger partial charge in [0.25, 0.3) is 0 Å². The number of nitrogens with one attached hydrogen (secondary N) is 1. The maximum Gasteiger partial charge on any atom is 0.221 e. The predicted molar refractivity (Wildman–Crippen MR) is 58.6 cm³/mol. The van der Waals surface area contributed by atoms with Gasteiger partial charge in [0.15, 0.2) is 5.67 Å². The lowest BCUT2D eigenvalue weighted by Crippen LogP contribution is -2.43. The Morgan fingerprint density at radius 2 is 2.31 bits per heavy atom. The molecule has 1 N–H and O–H groups in total. The molecule has 2 heterocycles. The molecule has 84 valence electrons. The van der Waals surface area contributed by atoms with Crippen LogP contribution in [0, 0.1) is 0 Å². The Morgan fingerprint density at radius 1 is 1.56 bits per heavy atom. The smallest absolute Gasteiger partial charge is 0.221 e. The lowest BCUT2D eigenvalue weighted by molar-refractivity contribution is -0.130. The van der Waals surface area contributed by atoms with Crippen molar-refractivity contribution >= 4 is 11.6 Å². The second kappa shape index (κ2) is 2.97. The van der Waals surface area contributed by atoms with Crippen LogP contribution in [0.5, 0.6) is 0 Å². The van der Waals surface area contributed by atoms with Crippen molar-refractivity contribution in [3.05, 3.63) is 29.8 Å². The van der Waals surface area contributed by atoms with Crippen molar-refractivity contribution in [3.8, 4) is 0 Å². The summed E-state index contributed by atoms with van der Waals surface area (Å²) in [4.78, 5) is 13.0. The maximum absolute atomic E-state index is 14.8. The molecular formula is C12H13FN2O. The van der Waals surface area contributed by atoms with Crippen molar-refractivity contribution < 1.29 is 9.18 Å². The molecule has 2 aliphatic rings. The molecule has 1 aromatic carbocycles. The molecule has 1 fully saturated rings. The van der Waals surface area contributed by atoms with Crippen molar-refractivity contribution in [1.82, 2.24) is 4.90 Å². The molecule has 0 saturated carbocycles. The van der Waals surface area contributed by atoms with E-state index >= 15 is 0 Å². The van der Waals surface area contributed by atoms with Crippen molar-refractivity contribution in [2.45, 2.75) is 25.2 Å². The highest BCUT2D eigenvalue weighted by Gasteiger charge is 2.55. The summed E-state index contributed by atoms with van der Waals surface area (Å²) in [7, 11) is 0. The maximum atomic E-state index is 14.8. The molecule has 0 unspecified atom stereocenters. The summed E-state index contributed by atoms with van der Waals surface area (Å²) in [5.74, 6) is -0.0789. The first-order valence-electron chi connectivity index (χ1n) is 5.45. The van der Waals surface area contributed by atoms with Gasteiger partial charge < -0.3 is 10.2 Å². The average molecular weight is 220 g/mol. The molecule has 1 saturated heterocycles. The molecule has 0 aromatic heterocycles. The zero-order valence-corrected chi connectivity index (χ0v) is 9.03. The zero-order valence-electron chi connectivity index (χ0n) is 9.03. The van der Waals surface area contributed by atoms with Gasteiger partial charge in [-0.2, -0.15) is 0 Å². The van der Waals surface area contributed by atoms with E-state index in [-0.39, 0.29) is 5.91 Å². The third kappa shape index (κ3) is 1.04. The molecule has 0 bridgehead atoms. The van der Waals surface area contributed by atoms with Crippen LogP contribution < -0.4 is 5.32 Å². The number of halogens is 1. The van der Waals surface area contributed by atoms with Crippen molar-refractivity contribution in [1.29, 1.82) is 0 Å². The largest absolute Gasteiger partial charge is 0.362 e. The number of benzene rings is 1. The summed E-state index contributed by atoms with van der Waals surface area (Å²) in [6, 6.07) is 7.36. The van der Waals surface area contributed by atoms with Gasteiger partial charge in [0.2, 0.25) is 5.91 Å². The van der Waals surface area contributed by atoms with E-state index in [1.807, 2.05) is 18.2 Å². The molecule has 2 aliphatic heterocycles. The molecule has 0 aliphatic carbocycles. The minimum absolute atomic E-state index is 0.0789. The second-order valence-electron chi connectivity index (χ2n) is 4.42. The van der Waals surface area contributed by atoms with Crippen LogP contribution in [0.4, 0.5) is 10.1 Å². The standard InChI is InChI=1S/C12H13FN2O/c1-8(16)15-7-6-12(13)9-4-2-3-5-10(9)14-11(12)15/h2-5,11,14H,6-7H2,1H3/t11-,12+/m0/s1. The molecular weight excluding hydrogens is 207 g/mol. The highest BCUT2D eigenvalue weighted by Crippen LogP contribution is 2.49. The Morgan fingerprint density at radius 3 is 3.06 bits per heavy atom. The van der Waals surface area contributed by atoms with Crippen LogP contribution in [-0.2, 0) is 10.5 Å². The summed E-state index contributed by atoms with van der Waals surface area (Å²) < 4.78 is 14.8.